The van der Waals surface area contributed by atoms with Crippen molar-refractivity contribution in [3.05, 3.63) is 42.5 Å². The zero-order valence-electron chi connectivity index (χ0n) is 11.5. The second-order valence-electron chi connectivity index (χ2n) is 4.49. The molecular weight excluding hydrogens is 222 g/mol. The SMILES string of the molecule is C=CCCCCCNCCc1ccc(OC)cc1. The van der Waals surface area contributed by atoms with Gasteiger partial charge in [-0.05, 0) is 56.5 Å². The normalized spacial score (nSPS) is 10.3. The Morgan fingerprint density at radius 1 is 1.11 bits per heavy atom. The minimum Gasteiger partial charge on any atom is -0.497 e. The maximum absolute atomic E-state index is 5.14. The largest absolute Gasteiger partial charge is 0.497 e. The lowest BCUT2D eigenvalue weighted by Crippen LogP contribution is -2.18. The topological polar surface area (TPSA) is 21.3 Å². The van der Waals surface area contributed by atoms with Gasteiger partial charge in [-0.25, -0.2) is 0 Å². The van der Waals surface area contributed by atoms with Crippen LogP contribution in [0.25, 0.3) is 0 Å². The van der Waals surface area contributed by atoms with Crippen LogP contribution in [0.2, 0.25) is 0 Å². The molecule has 0 atom stereocenters. The van der Waals surface area contributed by atoms with Gasteiger partial charge in [0.15, 0.2) is 0 Å². The van der Waals surface area contributed by atoms with Gasteiger partial charge in [-0.1, -0.05) is 24.6 Å². The van der Waals surface area contributed by atoms with Gasteiger partial charge < -0.3 is 10.1 Å². The predicted octanol–water partition coefficient (Wildman–Crippen LogP) is 3.57. The molecule has 2 heteroatoms. The van der Waals surface area contributed by atoms with E-state index in [1.807, 2.05) is 18.2 Å². The van der Waals surface area contributed by atoms with E-state index in [2.05, 4.69) is 24.0 Å². The molecule has 0 radical (unpaired) electrons. The van der Waals surface area contributed by atoms with Crippen LogP contribution in [0, 0.1) is 0 Å². The lowest BCUT2D eigenvalue weighted by molar-refractivity contribution is 0.414. The van der Waals surface area contributed by atoms with E-state index in [0.717, 1.165) is 31.7 Å². The summed E-state index contributed by atoms with van der Waals surface area (Å²) in [7, 11) is 1.70. The van der Waals surface area contributed by atoms with Crippen molar-refractivity contribution in [2.75, 3.05) is 20.2 Å². The molecule has 0 aromatic heterocycles. The van der Waals surface area contributed by atoms with Gasteiger partial charge in [-0.15, -0.1) is 6.58 Å². The van der Waals surface area contributed by atoms with Crippen LogP contribution in [0.4, 0.5) is 0 Å². The molecule has 0 aliphatic rings. The summed E-state index contributed by atoms with van der Waals surface area (Å²) in [6.45, 7) is 5.90. The number of ether oxygens (including phenoxy) is 1. The predicted molar refractivity (Wildman–Crippen MR) is 78.2 cm³/mol. The minimum atomic E-state index is 0.925. The Bertz CT molecular complexity index is 318. The Morgan fingerprint density at radius 2 is 1.89 bits per heavy atom. The Labute approximate surface area is 111 Å². The fourth-order valence-electron chi connectivity index (χ4n) is 1.87. The quantitative estimate of drug-likeness (QED) is 0.504. The molecular formula is C16H25NO. The van der Waals surface area contributed by atoms with E-state index in [4.69, 9.17) is 4.74 Å². The number of methoxy groups -OCH3 is 1. The molecule has 0 unspecified atom stereocenters. The number of nitrogens with one attached hydrogen (secondary N) is 1. The maximum atomic E-state index is 5.14. The van der Waals surface area contributed by atoms with Crippen LogP contribution in [-0.2, 0) is 6.42 Å². The van der Waals surface area contributed by atoms with Gasteiger partial charge in [0.1, 0.15) is 5.75 Å². The van der Waals surface area contributed by atoms with Crippen LogP contribution in [0.5, 0.6) is 5.75 Å². The molecule has 0 fully saturated rings. The van der Waals surface area contributed by atoms with Crippen molar-refractivity contribution in [3.8, 4) is 5.75 Å². The van der Waals surface area contributed by atoms with Crippen LogP contribution in [0.1, 0.15) is 31.2 Å². The molecule has 100 valence electrons. The Hall–Kier alpha value is -1.28. The standard InChI is InChI=1S/C16H25NO/c1-3-4-5-6-7-13-17-14-12-15-8-10-16(18-2)11-9-15/h3,8-11,17H,1,4-7,12-14H2,2H3. The molecule has 0 saturated carbocycles. The number of rotatable bonds is 10. The van der Waals surface area contributed by atoms with E-state index < -0.39 is 0 Å². The molecule has 0 spiro atoms. The fourth-order valence-corrected chi connectivity index (χ4v) is 1.87. The highest BCUT2D eigenvalue weighted by Gasteiger charge is 1.94. The minimum absolute atomic E-state index is 0.925. The van der Waals surface area contributed by atoms with Crippen LogP contribution < -0.4 is 10.1 Å². The van der Waals surface area contributed by atoms with Crippen LogP contribution >= 0.6 is 0 Å². The van der Waals surface area contributed by atoms with Gasteiger partial charge >= 0.3 is 0 Å². The van der Waals surface area contributed by atoms with Crippen molar-refractivity contribution in [1.82, 2.24) is 5.32 Å². The average molecular weight is 247 g/mol. The first-order valence-electron chi connectivity index (χ1n) is 6.81. The van der Waals surface area contributed by atoms with E-state index in [1.165, 1.54) is 24.8 Å². The van der Waals surface area contributed by atoms with Gasteiger partial charge in [-0.2, -0.15) is 0 Å². The third kappa shape index (κ3) is 6.45. The van der Waals surface area contributed by atoms with Gasteiger partial charge in [0.05, 0.1) is 7.11 Å². The molecule has 2 nitrogen and oxygen atoms in total. The molecule has 0 bridgehead atoms. The Kier molecular flexibility index (Phi) is 7.98. The molecule has 0 aliphatic carbocycles. The van der Waals surface area contributed by atoms with Crippen LogP contribution in [0.3, 0.4) is 0 Å². The highest BCUT2D eigenvalue weighted by Crippen LogP contribution is 2.11. The zero-order chi connectivity index (χ0) is 13.1. The summed E-state index contributed by atoms with van der Waals surface area (Å²) >= 11 is 0. The molecule has 1 aromatic rings. The summed E-state index contributed by atoms with van der Waals surface area (Å²) in [6, 6.07) is 8.30. The Balaban J connectivity index is 2.01. The van der Waals surface area contributed by atoms with Crippen LogP contribution in [0.15, 0.2) is 36.9 Å². The van der Waals surface area contributed by atoms with E-state index >= 15 is 0 Å². The lowest BCUT2D eigenvalue weighted by Gasteiger charge is -2.05. The molecule has 0 aliphatic heterocycles. The number of unbranched alkanes of at least 4 members (excludes halogenated alkanes) is 3. The second kappa shape index (κ2) is 9.72. The summed E-state index contributed by atoms with van der Waals surface area (Å²) in [5, 5.41) is 3.48. The van der Waals surface area contributed by atoms with Crippen molar-refractivity contribution in [2.45, 2.75) is 32.1 Å². The zero-order valence-corrected chi connectivity index (χ0v) is 11.5. The van der Waals surface area contributed by atoms with Gasteiger partial charge in [0, 0.05) is 0 Å². The molecule has 0 heterocycles. The lowest BCUT2D eigenvalue weighted by atomic mass is 10.1. The van der Waals surface area contributed by atoms with Gasteiger partial charge in [0.25, 0.3) is 0 Å². The van der Waals surface area contributed by atoms with Crippen LogP contribution in [-0.4, -0.2) is 20.2 Å². The molecule has 18 heavy (non-hydrogen) atoms. The summed E-state index contributed by atoms with van der Waals surface area (Å²) < 4.78 is 5.14. The summed E-state index contributed by atoms with van der Waals surface area (Å²) in [5.74, 6) is 0.925. The van der Waals surface area contributed by atoms with Crippen molar-refractivity contribution in [2.24, 2.45) is 0 Å². The van der Waals surface area contributed by atoms with E-state index in [1.54, 1.807) is 7.11 Å². The monoisotopic (exact) mass is 247 g/mol. The molecule has 1 N–H and O–H groups in total. The number of allylic oxidation sites excluding steroid dienone is 1. The van der Waals surface area contributed by atoms with E-state index in [0.29, 0.717) is 0 Å². The van der Waals surface area contributed by atoms with Gasteiger partial charge in [-0.3, -0.25) is 0 Å². The Morgan fingerprint density at radius 3 is 2.56 bits per heavy atom. The molecule has 1 aromatic carbocycles. The first-order valence-corrected chi connectivity index (χ1v) is 6.81. The first-order chi connectivity index (χ1) is 8.86. The molecule has 1 rings (SSSR count). The number of hydrogen-bond donors (Lipinski definition) is 1. The van der Waals surface area contributed by atoms with E-state index in [-0.39, 0.29) is 0 Å². The van der Waals surface area contributed by atoms with Crippen molar-refractivity contribution in [3.63, 3.8) is 0 Å². The summed E-state index contributed by atoms with van der Waals surface area (Å²) in [5.41, 5.74) is 1.36. The summed E-state index contributed by atoms with van der Waals surface area (Å²) in [6.07, 6.45) is 8.04. The molecule has 0 saturated heterocycles. The molecule has 0 amide bonds. The highest BCUT2D eigenvalue weighted by atomic mass is 16.5. The highest BCUT2D eigenvalue weighted by molar-refractivity contribution is 5.27. The first kappa shape index (κ1) is 14.8. The maximum Gasteiger partial charge on any atom is 0.118 e. The van der Waals surface area contributed by atoms with Crippen molar-refractivity contribution in [1.29, 1.82) is 0 Å². The average Bonchev–Trinajstić information content (AvgIpc) is 2.42. The second-order valence-corrected chi connectivity index (χ2v) is 4.49. The van der Waals surface area contributed by atoms with Crippen molar-refractivity contribution >= 4 is 0 Å². The third-order valence-electron chi connectivity index (χ3n) is 3.01. The van der Waals surface area contributed by atoms with Gasteiger partial charge in [0.2, 0.25) is 0 Å². The summed E-state index contributed by atoms with van der Waals surface area (Å²) in [4.78, 5) is 0. The van der Waals surface area contributed by atoms with E-state index in [9.17, 15) is 0 Å². The number of benzene rings is 1. The smallest absolute Gasteiger partial charge is 0.118 e. The number of hydrogen-bond acceptors (Lipinski definition) is 2. The fraction of sp³-hybridized carbons (Fsp3) is 0.500. The third-order valence-corrected chi connectivity index (χ3v) is 3.01. The van der Waals surface area contributed by atoms with Crippen molar-refractivity contribution < 1.29 is 4.74 Å².